The summed E-state index contributed by atoms with van der Waals surface area (Å²) in [4.78, 5) is 31.0. The van der Waals surface area contributed by atoms with Crippen LogP contribution in [0.15, 0.2) is 49.1 Å². The van der Waals surface area contributed by atoms with Gasteiger partial charge in [-0.1, -0.05) is 49.7 Å². The summed E-state index contributed by atoms with van der Waals surface area (Å²) in [6, 6.07) is 11.2. The highest BCUT2D eigenvalue weighted by molar-refractivity contribution is 6.35. The second kappa shape index (κ2) is 18.5. The molecule has 0 saturated carbocycles. The van der Waals surface area contributed by atoms with Gasteiger partial charge in [0, 0.05) is 79.8 Å². The third-order valence-electron chi connectivity index (χ3n) is 7.72. The van der Waals surface area contributed by atoms with Crippen LogP contribution in [0, 0.1) is 0 Å². The number of pyridine rings is 2. The Kier molecular flexibility index (Phi) is 15.1. The first-order chi connectivity index (χ1) is 22.3. The molecule has 0 spiro atoms. The van der Waals surface area contributed by atoms with Gasteiger partial charge in [-0.25, -0.2) is 19.9 Å². The van der Waals surface area contributed by atoms with E-state index in [-0.39, 0.29) is 21.5 Å². The van der Waals surface area contributed by atoms with E-state index >= 15 is 0 Å². The lowest BCUT2D eigenvalue weighted by molar-refractivity contribution is 0.291. The lowest BCUT2D eigenvalue weighted by Gasteiger charge is -2.33. The number of benzene rings is 2. The number of halogens is 3. The number of anilines is 1. The van der Waals surface area contributed by atoms with Crippen molar-refractivity contribution in [2.24, 2.45) is 0 Å². The predicted octanol–water partition coefficient (Wildman–Crippen LogP) is 6.73. The zero-order chi connectivity index (χ0) is 32.6. The summed E-state index contributed by atoms with van der Waals surface area (Å²) in [5.41, 5.74) is 5.21. The van der Waals surface area contributed by atoms with E-state index in [1.165, 1.54) is 13.1 Å². The van der Waals surface area contributed by atoms with Gasteiger partial charge < -0.3 is 35.1 Å². The first-order valence-corrected chi connectivity index (χ1v) is 16.4. The quantitative estimate of drug-likeness (QED) is 0.137. The number of hydrogen-bond acceptors (Lipinski definition) is 9. The van der Waals surface area contributed by atoms with Gasteiger partial charge in [0.25, 0.3) is 0 Å². The highest BCUT2D eigenvalue weighted by Gasteiger charge is 2.20. The van der Waals surface area contributed by atoms with Crippen LogP contribution in [-0.2, 0) is 0 Å². The largest absolute Gasteiger partial charge is 0.397 e. The fourth-order valence-electron chi connectivity index (χ4n) is 5.27. The molecule has 8 rings (SSSR count). The maximum absolute atomic E-state index is 7.57. The summed E-state index contributed by atoms with van der Waals surface area (Å²) < 4.78 is 0. The third kappa shape index (κ3) is 9.44. The number of aromatic amines is 2. The Labute approximate surface area is 297 Å². The topological polar surface area (TPSA) is 125 Å². The van der Waals surface area contributed by atoms with E-state index in [1.54, 1.807) is 25.6 Å². The van der Waals surface area contributed by atoms with Gasteiger partial charge in [-0.2, -0.15) is 0 Å². The molecule has 0 aliphatic carbocycles. The molecule has 0 radical (unpaired) electrons. The standard InChI is InChI=1S/C15H16ClN5.C10H5Cl2N3.C5H12N2.C2H6O.2CH4/c1-20-4-6-21(7-5-20)15-14-13(17-9-18-14)11-8-10(16)2-3-12(11)19-15;11-5-1-2-7-6(3-5)8-9(10(12)15-7)14-4-13-8;1-7-4-2-6-3-5-7;1-2-3;;/h2-3,8-9H,4-7H2,1H3,(H,17,18);1-4H,(H,13,14);6H,2-5H2,1H3;3H,2H2,1H3;2*1H4. The number of likely N-dealkylation sites (N-methyl/N-ethyl adjacent to an activating group) is 2. The lowest BCUT2D eigenvalue weighted by Crippen LogP contribution is -2.44. The van der Waals surface area contributed by atoms with E-state index in [2.05, 4.69) is 59.0 Å². The van der Waals surface area contributed by atoms with Crippen molar-refractivity contribution in [3.8, 4) is 0 Å². The Hall–Kier alpha value is -3.29. The first-order valence-electron chi connectivity index (χ1n) is 15.2. The summed E-state index contributed by atoms with van der Waals surface area (Å²) in [5.74, 6) is 0.991. The first kappa shape index (κ1) is 39.2. The molecular formula is C34H47Cl3N10O. The van der Waals surface area contributed by atoms with Crippen molar-refractivity contribution in [2.75, 3.05) is 78.0 Å². The van der Waals surface area contributed by atoms with Gasteiger partial charge in [0.2, 0.25) is 0 Å². The van der Waals surface area contributed by atoms with Crippen LogP contribution in [0.25, 0.3) is 43.9 Å². The summed E-state index contributed by atoms with van der Waals surface area (Å²) >= 11 is 18.0. The van der Waals surface area contributed by atoms with Crippen LogP contribution in [-0.4, -0.2) is 118 Å². The van der Waals surface area contributed by atoms with Crippen LogP contribution in [0.3, 0.4) is 0 Å². The van der Waals surface area contributed by atoms with Crippen molar-refractivity contribution in [1.29, 1.82) is 0 Å². The summed E-state index contributed by atoms with van der Waals surface area (Å²) in [5, 5.41) is 14.5. The Bertz CT molecular complexity index is 1880. The average Bonchev–Trinajstić information content (AvgIpc) is 3.75. The van der Waals surface area contributed by atoms with Crippen LogP contribution < -0.4 is 10.2 Å². The van der Waals surface area contributed by atoms with E-state index in [4.69, 9.17) is 44.9 Å². The van der Waals surface area contributed by atoms with E-state index in [0.717, 1.165) is 89.0 Å². The highest BCUT2D eigenvalue weighted by Crippen LogP contribution is 2.31. The highest BCUT2D eigenvalue weighted by atomic mass is 35.5. The number of nitrogens with zero attached hydrogens (tertiary/aromatic N) is 7. The number of imidazole rings is 2. The molecule has 14 heteroatoms. The molecule has 11 nitrogen and oxygen atoms in total. The van der Waals surface area contributed by atoms with Gasteiger partial charge in [-0.3, -0.25) is 0 Å². The molecule has 2 aromatic carbocycles. The number of rotatable bonds is 1. The molecule has 2 saturated heterocycles. The van der Waals surface area contributed by atoms with E-state index in [1.807, 2.05) is 30.3 Å². The Balaban J connectivity index is 0.000000202. The smallest absolute Gasteiger partial charge is 0.155 e. The van der Waals surface area contributed by atoms with Crippen LogP contribution in [0.4, 0.5) is 5.82 Å². The number of aliphatic hydroxyl groups is 1. The number of hydrogen-bond donors (Lipinski definition) is 4. The van der Waals surface area contributed by atoms with Crippen LogP contribution in [0.5, 0.6) is 0 Å². The number of H-pyrrole nitrogens is 2. The number of fused-ring (bicyclic) bond motifs is 6. The molecule has 0 unspecified atom stereocenters. The van der Waals surface area contributed by atoms with E-state index < -0.39 is 0 Å². The van der Waals surface area contributed by atoms with Gasteiger partial charge in [0.15, 0.2) is 11.0 Å². The van der Waals surface area contributed by atoms with Gasteiger partial charge in [0.05, 0.1) is 23.7 Å². The number of nitrogens with one attached hydrogen (secondary N) is 3. The van der Waals surface area contributed by atoms with Crippen molar-refractivity contribution < 1.29 is 5.11 Å². The van der Waals surface area contributed by atoms with Crippen molar-refractivity contribution in [2.45, 2.75) is 21.8 Å². The van der Waals surface area contributed by atoms with Gasteiger partial charge in [-0.05, 0) is 57.4 Å². The number of aliphatic hydroxyl groups excluding tert-OH is 1. The maximum atomic E-state index is 7.57. The van der Waals surface area contributed by atoms with Crippen molar-refractivity contribution in [3.63, 3.8) is 0 Å². The van der Waals surface area contributed by atoms with Crippen LogP contribution in [0.2, 0.25) is 15.2 Å². The maximum Gasteiger partial charge on any atom is 0.155 e. The molecular weight excluding hydrogens is 671 g/mol. The van der Waals surface area contributed by atoms with Crippen LogP contribution >= 0.6 is 34.8 Å². The Morgan fingerprint density at radius 1 is 0.708 bits per heavy atom. The molecule has 2 fully saturated rings. The summed E-state index contributed by atoms with van der Waals surface area (Å²) in [7, 11) is 4.31. The van der Waals surface area contributed by atoms with Gasteiger partial charge in [0.1, 0.15) is 22.1 Å². The normalized spacial score (nSPS) is 15.0. The molecule has 6 aromatic rings. The molecule has 0 bridgehead atoms. The summed E-state index contributed by atoms with van der Waals surface area (Å²) in [6.45, 7) is 10.7. The Morgan fingerprint density at radius 2 is 1.19 bits per heavy atom. The predicted molar refractivity (Wildman–Crippen MR) is 204 cm³/mol. The van der Waals surface area contributed by atoms with Crippen molar-refractivity contribution in [3.05, 3.63) is 64.3 Å². The molecule has 4 N–H and O–H groups in total. The third-order valence-corrected chi connectivity index (χ3v) is 8.47. The van der Waals surface area contributed by atoms with Gasteiger partial charge in [-0.15, -0.1) is 0 Å². The second-order valence-corrected chi connectivity index (χ2v) is 12.3. The second-order valence-electron chi connectivity index (χ2n) is 11.1. The number of aromatic nitrogens is 6. The molecule has 4 aromatic heterocycles. The number of piperazine rings is 2. The van der Waals surface area contributed by atoms with Crippen molar-refractivity contribution in [1.82, 2.24) is 45.0 Å². The molecule has 6 heterocycles. The molecule has 0 amide bonds. The molecule has 260 valence electrons. The van der Waals surface area contributed by atoms with Crippen molar-refractivity contribution >= 4 is 84.5 Å². The minimum Gasteiger partial charge on any atom is -0.397 e. The fraction of sp³-hybridized carbons (Fsp3) is 0.412. The monoisotopic (exact) mass is 716 g/mol. The zero-order valence-electron chi connectivity index (χ0n) is 26.2. The SMILES string of the molecule is C.C.CCO.CN1CCN(c2nc3ccc(Cl)cc3c3nc[nH]c23)CC1.CN1CCNCC1.Clc1ccc2nc(Cl)c3[nH]cnc3c2c1. The minimum absolute atomic E-state index is 0. The summed E-state index contributed by atoms with van der Waals surface area (Å²) in [6.07, 6.45) is 3.32. The fourth-order valence-corrected chi connectivity index (χ4v) is 5.85. The average molecular weight is 718 g/mol. The molecule has 2 aliphatic rings. The van der Waals surface area contributed by atoms with Crippen LogP contribution in [0.1, 0.15) is 21.8 Å². The lowest BCUT2D eigenvalue weighted by atomic mass is 10.1. The van der Waals surface area contributed by atoms with E-state index in [0.29, 0.717) is 15.2 Å². The molecule has 0 atom stereocenters. The minimum atomic E-state index is 0. The van der Waals surface area contributed by atoms with E-state index in [9.17, 15) is 0 Å². The zero-order valence-corrected chi connectivity index (χ0v) is 28.5. The molecule has 48 heavy (non-hydrogen) atoms. The van der Waals surface area contributed by atoms with Gasteiger partial charge >= 0.3 is 0 Å². The Morgan fingerprint density at radius 3 is 1.71 bits per heavy atom. The molecule has 2 aliphatic heterocycles.